The normalized spacial score (nSPS) is 11.3. The molecular weight excluding hydrogens is 503 g/mol. The Labute approximate surface area is 201 Å². The molecule has 0 bridgehead atoms. The van der Waals surface area contributed by atoms with Crippen molar-refractivity contribution in [2.75, 3.05) is 7.11 Å². The molecule has 0 saturated heterocycles. The molecule has 0 aliphatic heterocycles. The zero-order valence-electron chi connectivity index (χ0n) is 18.0. The van der Waals surface area contributed by atoms with Crippen LogP contribution < -0.4 is 15.7 Å². The fraction of sp³-hybridized carbons (Fsp3) is 0.115. The van der Waals surface area contributed by atoms with Gasteiger partial charge in [-0.05, 0) is 66.6 Å². The van der Waals surface area contributed by atoms with E-state index >= 15 is 0 Å². The van der Waals surface area contributed by atoms with Gasteiger partial charge < -0.3 is 9.15 Å². The number of halogens is 2. The average Bonchev–Trinajstić information content (AvgIpc) is 2.84. The summed E-state index contributed by atoms with van der Waals surface area (Å²) < 4.78 is 26.8. The van der Waals surface area contributed by atoms with Gasteiger partial charge in [-0.3, -0.25) is 14.2 Å². The molecule has 34 heavy (non-hydrogen) atoms. The van der Waals surface area contributed by atoms with Crippen molar-refractivity contribution in [3.63, 3.8) is 0 Å². The lowest BCUT2D eigenvalue weighted by Gasteiger charge is -2.14. The molecule has 5 aromatic rings. The first-order chi connectivity index (χ1) is 16.4. The van der Waals surface area contributed by atoms with Gasteiger partial charge in [0, 0.05) is 16.6 Å². The third-order valence-corrected chi connectivity index (χ3v) is 6.13. The lowest BCUT2D eigenvalue weighted by Crippen LogP contribution is -2.28. The summed E-state index contributed by atoms with van der Waals surface area (Å²) in [6.45, 7) is 0.261. The Morgan fingerprint density at radius 3 is 2.47 bits per heavy atom. The Morgan fingerprint density at radius 2 is 1.76 bits per heavy atom. The number of fused-ring (bicyclic) bond motifs is 2. The van der Waals surface area contributed by atoms with E-state index in [2.05, 4.69) is 20.9 Å². The number of rotatable bonds is 5. The van der Waals surface area contributed by atoms with Crippen LogP contribution in [-0.4, -0.2) is 16.7 Å². The number of methoxy groups -OCH3 is 1. The van der Waals surface area contributed by atoms with Crippen LogP contribution in [-0.2, 0) is 13.0 Å². The first-order valence-corrected chi connectivity index (χ1v) is 11.3. The van der Waals surface area contributed by atoms with Crippen LogP contribution in [0.5, 0.6) is 5.75 Å². The van der Waals surface area contributed by atoms with E-state index in [0.717, 1.165) is 11.3 Å². The predicted molar refractivity (Wildman–Crippen MR) is 132 cm³/mol. The monoisotopic (exact) mass is 520 g/mol. The molecule has 0 spiro atoms. The van der Waals surface area contributed by atoms with Gasteiger partial charge in [0.05, 0.1) is 12.5 Å². The predicted octanol–water partition coefficient (Wildman–Crippen LogP) is 5.32. The van der Waals surface area contributed by atoms with E-state index in [4.69, 9.17) is 9.15 Å². The van der Waals surface area contributed by atoms with Gasteiger partial charge in [-0.15, -0.1) is 0 Å². The van der Waals surface area contributed by atoms with Gasteiger partial charge in [0.1, 0.15) is 23.0 Å². The molecule has 170 valence electrons. The number of benzene rings is 3. The largest absolute Gasteiger partial charge is 0.497 e. The molecule has 2 heterocycles. The fourth-order valence-corrected chi connectivity index (χ4v) is 4.23. The molecule has 2 aromatic heterocycles. The third kappa shape index (κ3) is 4.01. The molecule has 0 saturated carbocycles. The van der Waals surface area contributed by atoms with Gasteiger partial charge in [0.15, 0.2) is 5.39 Å². The maximum absolute atomic E-state index is 13.6. The van der Waals surface area contributed by atoms with Gasteiger partial charge >= 0.3 is 0 Å². The number of hydrogen-bond acceptors (Lipinski definition) is 5. The van der Waals surface area contributed by atoms with E-state index in [9.17, 15) is 14.0 Å². The van der Waals surface area contributed by atoms with Crippen LogP contribution in [0.3, 0.4) is 0 Å². The quantitative estimate of drug-likeness (QED) is 0.293. The number of aryl methyl sites for hydroxylation is 1. The second-order valence-corrected chi connectivity index (χ2v) is 8.66. The molecular formula is C26H18BrFN2O4. The number of hydrogen-bond donors (Lipinski definition) is 0. The summed E-state index contributed by atoms with van der Waals surface area (Å²) in [6, 6.07) is 18.2. The molecule has 5 rings (SSSR count). The lowest BCUT2D eigenvalue weighted by molar-refractivity contribution is 0.414. The van der Waals surface area contributed by atoms with Crippen molar-refractivity contribution in [1.29, 1.82) is 0 Å². The Balaban J connectivity index is 1.71. The van der Waals surface area contributed by atoms with Crippen molar-refractivity contribution >= 4 is 38.0 Å². The van der Waals surface area contributed by atoms with Crippen LogP contribution in [0.4, 0.5) is 4.39 Å². The van der Waals surface area contributed by atoms with E-state index in [1.54, 1.807) is 37.4 Å². The van der Waals surface area contributed by atoms with Gasteiger partial charge in [-0.2, -0.15) is 4.98 Å². The van der Waals surface area contributed by atoms with Crippen molar-refractivity contribution in [2.45, 2.75) is 13.0 Å². The van der Waals surface area contributed by atoms with Gasteiger partial charge in [0.25, 0.3) is 5.56 Å². The molecule has 8 heteroatoms. The Morgan fingerprint density at radius 1 is 1.03 bits per heavy atom. The molecule has 0 aliphatic carbocycles. The summed E-state index contributed by atoms with van der Waals surface area (Å²) >= 11 is 3.35. The summed E-state index contributed by atoms with van der Waals surface area (Å²) in [7, 11) is 1.60. The standard InChI is InChI=1S/C26H18BrFN2O4/c1-33-19-9-2-15(3-10-19)12-13-30-24(16-4-7-18(28)8-5-16)29-25-22(26(30)32)23(31)20-14-17(27)6-11-21(20)34-25/h2-11,14H,12-13H2,1H3. The van der Waals surface area contributed by atoms with Crippen LogP contribution in [0.1, 0.15) is 5.56 Å². The highest BCUT2D eigenvalue weighted by Crippen LogP contribution is 2.23. The highest BCUT2D eigenvalue weighted by molar-refractivity contribution is 9.10. The minimum Gasteiger partial charge on any atom is -0.497 e. The van der Waals surface area contributed by atoms with E-state index in [-0.39, 0.29) is 23.0 Å². The van der Waals surface area contributed by atoms with Crippen LogP contribution in [0.25, 0.3) is 33.5 Å². The fourth-order valence-electron chi connectivity index (χ4n) is 3.87. The first-order valence-electron chi connectivity index (χ1n) is 10.5. The number of ether oxygens (including phenoxy) is 1. The molecule has 3 aromatic carbocycles. The van der Waals surface area contributed by atoms with Crippen molar-refractivity contribution < 1.29 is 13.5 Å². The van der Waals surface area contributed by atoms with Crippen molar-refractivity contribution in [2.24, 2.45) is 0 Å². The highest BCUT2D eigenvalue weighted by Gasteiger charge is 2.19. The maximum atomic E-state index is 13.6. The topological polar surface area (TPSA) is 74.3 Å². The Hall–Kier alpha value is -3.78. The highest BCUT2D eigenvalue weighted by atomic mass is 79.9. The molecule has 0 amide bonds. The average molecular weight is 521 g/mol. The minimum absolute atomic E-state index is 0.0511. The third-order valence-electron chi connectivity index (χ3n) is 5.64. The summed E-state index contributed by atoms with van der Waals surface area (Å²) in [5.41, 5.74) is 0.840. The van der Waals surface area contributed by atoms with Crippen molar-refractivity contribution in [1.82, 2.24) is 9.55 Å². The van der Waals surface area contributed by atoms with E-state index in [1.165, 1.54) is 16.7 Å². The van der Waals surface area contributed by atoms with Crippen LogP contribution in [0.15, 0.2) is 85.2 Å². The van der Waals surface area contributed by atoms with E-state index in [0.29, 0.717) is 27.9 Å². The zero-order chi connectivity index (χ0) is 23.8. The van der Waals surface area contributed by atoms with Crippen LogP contribution in [0.2, 0.25) is 0 Å². The van der Waals surface area contributed by atoms with E-state index in [1.807, 2.05) is 24.3 Å². The van der Waals surface area contributed by atoms with Crippen LogP contribution in [0, 0.1) is 5.82 Å². The van der Waals surface area contributed by atoms with Gasteiger partial charge in [0.2, 0.25) is 11.1 Å². The maximum Gasteiger partial charge on any atom is 0.269 e. The molecule has 0 N–H and O–H groups in total. The Bertz CT molecular complexity index is 1640. The SMILES string of the molecule is COc1ccc(CCn2c(-c3ccc(F)cc3)nc3oc4ccc(Br)cc4c(=O)c3c2=O)cc1. The second-order valence-electron chi connectivity index (χ2n) is 7.75. The van der Waals surface area contributed by atoms with Gasteiger partial charge in [-0.25, -0.2) is 4.39 Å². The number of nitrogens with zero attached hydrogens (tertiary/aromatic N) is 2. The minimum atomic E-state index is -0.506. The summed E-state index contributed by atoms with van der Waals surface area (Å²) in [5, 5.41) is 0.170. The van der Waals surface area contributed by atoms with Gasteiger partial charge in [-0.1, -0.05) is 28.1 Å². The molecule has 6 nitrogen and oxygen atoms in total. The molecule has 0 radical (unpaired) electrons. The van der Waals surface area contributed by atoms with Crippen molar-refractivity contribution in [3.8, 4) is 17.1 Å². The number of aromatic nitrogens is 2. The Kier molecular flexibility index (Phi) is 5.75. The van der Waals surface area contributed by atoms with E-state index < -0.39 is 16.8 Å². The first kappa shape index (κ1) is 22.0. The molecule has 0 aliphatic rings. The second kappa shape index (κ2) is 8.87. The van der Waals surface area contributed by atoms with Crippen molar-refractivity contribution in [3.05, 3.63) is 103 Å². The summed E-state index contributed by atoms with van der Waals surface area (Å²) in [6.07, 6.45) is 0.510. The molecule has 0 fully saturated rings. The zero-order valence-corrected chi connectivity index (χ0v) is 19.6. The summed E-state index contributed by atoms with van der Waals surface area (Å²) in [5.74, 6) is 0.626. The van der Waals surface area contributed by atoms with Crippen LogP contribution >= 0.6 is 15.9 Å². The molecule has 0 unspecified atom stereocenters. The summed E-state index contributed by atoms with van der Waals surface area (Å²) in [4.78, 5) is 31.4. The smallest absolute Gasteiger partial charge is 0.269 e. The lowest BCUT2D eigenvalue weighted by atomic mass is 10.1. The molecule has 0 atom stereocenters.